The first kappa shape index (κ1) is 13.1. The zero-order chi connectivity index (χ0) is 13.8. The number of hydrogen-bond acceptors (Lipinski definition) is 6. The summed E-state index contributed by atoms with van der Waals surface area (Å²) in [6.07, 6.45) is 1.36. The van der Waals surface area contributed by atoms with Crippen LogP contribution in [0.1, 0.15) is 11.1 Å². The van der Waals surface area contributed by atoms with E-state index in [4.69, 9.17) is 15.3 Å². The third-order valence-electron chi connectivity index (χ3n) is 2.52. The minimum atomic E-state index is 0.315. The fourth-order valence-corrected chi connectivity index (χ4v) is 1.82. The number of hydrogen-bond donors (Lipinski definition) is 2. The molecule has 6 heteroatoms. The van der Waals surface area contributed by atoms with Gasteiger partial charge in [0.15, 0.2) is 5.82 Å². The van der Waals surface area contributed by atoms with Gasteiger partial charge < -0.3 is 14.9 Å². The van der Waals surface area contributed by atoms with E-state index in [1.54, 1.807) is 0 Å². The number of methoxy groups -OCH3 is 1. The molecule has 0 fully saturated rings. The van der Waals surface area contributed by atoms with Crippen LogP contribution >= 0.6 is 0 Å². The van der Waals surface area contributed by atoms with Crippen LogP contribution in [-0.4, -0.2) is 17.1 Å². The number of benzene rings is 1. The molecule has 0 aliphatic heterocycles. The quantitative estimate of drug-likeness (QED) is 0.647. The Hall–Kier alpha value is -2.34. The molecule has 2 aromatic rings. The molecule has 0 radical (unpaired) electrons. The first-order valence-electron chi connectivity index (χ1n) is 5.75. The second kappa shape index (κ2) is 5.53. The second-order valence-corrected chi connectivity index (χ2v) is 4.13. The molecule has 0 unspecified atom stereocenters. The predicted octanol–water partition coefficient (Wildman–Crippen LogP) is 2.18. The number of ether oxygens (including phenoxy) is 2. The topological polar surface area (TPSA) is 82.3 Å². The standard InChI is InChI=1S/C13H16N4O2/c1-8-4-9(2)6-10(5-8)19-13-11(18-3)12(17-14)15-7-16-13/h4-7H,14H2,1-3H3,(H,15,16,17). The van der Waals surface area contributed by atoms with Gasteiger partial charge >= 0.3 is 0 Å². The summed E-state index contributed by atoms with van der Waals surface area (Å²) in [6.45, 7) is 4.01. The van der Waals surface area contributed by atoms with Crippen molar-refractivity contribution in [2.75, 3.05) is 12.5 Å². The minimum Gasteiger partial charge on any atom is -0.489 e. The molecule has 3 N–H and O–H groups in total. The summed E-state index contributed by atoms with van der Waals surface area (Å²) in [7, 11) is 1.51. The molecule has 100 valence electrons. The number of nitrogens with one attached hydrogen (secondary N) is 1. The lowest BCUT2D eigenvalue weighted by molar-refractivity contribution is 0.369. The molecule has 1 aromatic heterocycles. The van der Waals surface area contributed by atoms with Crippen molar-refractivity contribution >= 4 is 5.82 Å². The molecule has 2 rings (SSSR count). The van der Waals surface area contributed by atoms with Crippen molar-refractivity contribution < 1.29 is 9.47 Å². The third kappa shape index (κ3) is 2.92. The maximum Gasteiger partial charge on any atom is 0.268 e. The fraction of sp³-hybridized carbons (Fsp3) is 0.231. The third-order valence-corrected chi connectivity index (χ3v) is 2.52. The van der Waals surface area contributed by atoms with Crippen molar-refractivity contribution in [2.24, 2.45) is 5.84 Å². The highest BCUT2D eigenvalue weighted by atomic mass is 16.5. The van der Waals surface area contributed by atoms with Gasteiger partial charge in [0, 0.05) is 0 Å². The van der Waals surface area contributed by atoms with Crippen LogP contribution in [0, 0.1) is 13.8 Å². The van der Waals surface area contributed by atoms with Gasteiger partial charge in [-0.25, -0.2) is 10.8 Å². The zero-order valence-corrected chi connectivity index (χ0v) is 11.1. The maximum atomic E-state index is 5.73. The van der Waals surface area contributed by atoms with E-state index in [0.29, 0.717) is 23.2 Å². The molecule has 0 aliphatic carbocycles. The summed E-state index contributed by atoms with van der Waals surface area (Å²) in [5.41, 5.74) is 4.66. The van der Waals surface area contributed by atoms with Gasteiger partial charge in [-0.1, -0.05) is 6.07 Å². The lowest BCUT2D eigenvalue weighted by Gasteiger charge is -2.12. The van der Waals surface area contributed by atoms with Crippen molar-refractivity contribution in [3.05, 3.63) is 35.7 Å². The van der Waals surface area contributed by atoms with Crippen LogP contribution in [0.3, 0.4) is 0 Å². The summed E-state index contributed by atoms with van der Waals surface area (Å²) in [4.78, 5) is 8.01. The summed E-state index contributed by atoms with van der Waals surface area (Å²) in [6, 6.07) is 5.91. The van der Waals surface area contributed by atoms with Crippen LogP contribution in [-0.2, 0) is 0 Å². The van der Waals surface area contributed by atoms with Crippen LogP contribution < -0.4 is 20.7 Å². The molecule has 1 heterocycles. The Kier molecular flexibility index (Phi) is 3.82. The predicted molar refractivity (Wildman–Crippen MR) is 72.4 cm³/mol. The van der Waals surface area contributed by atoms with E-state index in [-0.39, 0.29) is 0 Å². The minimum absolute atomic E-state index is 0.315. The summed E-state index contributed by atoms with van der Waals surface area (Å²) in [5, 5.41) is 0. The van der Waals surface area contributed by atoms with E-state index in [0.717, 1.165) is 11.1 Å². The summed E-state index contributed by atoms with van der Waals surface area (Å²) >= 11 is 0. The SMILES string of the molecule is COc1c(NN)ncnc1Oc1cc(C)cc(C)c1. The molecular formula is C13H16N4O2. The van der Waals surface area contributed by atoms with Crippen molar-refractivity contribution in [1.29, 1.82) is 0 Å². The van der Waals surface area contributed by atoms with Gasteiger partial charge in [-0.2, -0.15) is 4.98 Å². The number of aromatic nitrogens is 2. The molecule has 0 atom stereocenters. The van der Waals surface area contributed by atoms with Crippen molar-refractivity contribution in [3.63, 3.8) is 0 Å². The number of nitrogens with two attached hydrogens (primary N) is 1. The van der Waals surface area contributed by atoms with Gasteiger partial charge in [0.25, 0.3) is 5.88 Å². The molecule has 0 amide bonds. The Morgan fingerprint density at radius 2 is 1.79 bits per heavy atom. The highest BCUT2D eigenvalue weighted by Gasteiger charge is 2.13. The Balaban J connectivity index is 2.37. The molecule has 0 bridgehead atoms. The molecule has 0 saturated heterocycles. The summed E-state index contributed by atoms with van der Waals surface area (Å²) < 4.78 is 10.9. The normalized spacial score (nSPS) is 10.1. The molecular weight excluding hydrogens is 244 g/mol. The first-order chi connectivity index (χ1) is 9.13. The maximum absolute atomic E-state index is 5.73. The lowest BCUT2D eigenvalue weighted by Crippen LogP contribution is -2.11. The first-order valence-corrected chi connectivity index (χ1v) is 5.75. The van der Waals surface area contributed by atoms with E-state index in [2.05, 4.69) is 21.5 Å². The zero-order valence-electron chi connectivity index (χ0n) is 11.1. The van der Waals surface area contributed by atoms with Gasteiger partial charge in [-0.05, 0) is 37.1 Å². The van der Waals surface area contributed by atoms with Crippen LogP contribution in [0.5, 0.6) is 17.4 Å². The number of anilines is 1. The van der Waals surface area contributed by atoms with E-state index in [9.17, 15) is 0 Å². The molecule has 0 saturated carbocycles. The van der Waals surface area contributed by atoms with Crippen LogP contribution in [0.25, 0.3) is 0 Å². The molecule has 0 spiro atoms. The van der Waals surface area contributed by atoms with Gasteiger partial charge in [-0.15, -0.1) is 0 Å². The lowest BCUT2D eigenvalue weighted by atomic mass is 10.1. The van der Waals surface area contributed by atoms with E-state index in [1.165, 1.54) is 13.4 Å². The highest BCUT2D eigenvalue weighted by molar-refractivity contribution is 5.55. The van der Waals surface area contributed by atoms with Gasteiger partial charge in [-0.3, -0.25) is 0 Å². The van der Waals surface area contributed by atoms with Crippen molar-refractivity contribution in [2.45, 2.75) is 13.8 Å². The molecule has 0 aliphatic rings. The second-order valence-electron chi connectivity index (χ2n) is 4.13. The molecule has 19 heavy (non-hydrogen) atoms. The average molecular weight is 260 g/mol. The monoisotopic (exact) mass is 260 g/mol. The van der Waals surface area contributed by atoms with Crippen molar-refractivity contribution in [1.82, 2.24) is 9.97 Å². The van der Waals surface area contributed by atoms with Crippen molar-refractivity contribution in [3.8, 4) is 17.4 Å². The van der Waals surface area contributed by atoms with Gasteiger partial charge in [0.05, 0.1) is 7.11 Å². The van der Waals surface area contributed by atoms with E-state index >= 15 is 0 Å². The smallest absolute Gasteiger partial charge is 0.268 e. The number of nitrogen functional groups attached to an aromatic ring is 1. The molecule has 1 aromatic carbocycles. The Bertz CT molecular complexity index is 567. The van der Waals surface area contributed by atoms with Gasteiger partial charge in [0.2, 0.25) is 5.75 Å². The Labute approximate surface area is 111 Å². The Morgan fingerprint density at radius 1 is 1.11 bits per heavy atom. The largest absolute Gasteiger partial charge is 0.489 e. The van der Waals surface area contributed by atoms with Crippen LogP contribution in [0.2, 0.25) is 0 Å². The van der Waals surface area contributed by atoms with E-state index in [1.807, 2.05) is 26.0 Å². The average Bonchev–Trinajstić information content (AvgIpc) is 2.37. The van der Waals surface area contributed by atoms with Crippen LogP contribution in [0.15, 0.2) is 24.5 Å². The number of nitrogens with zero attached hydrogens (tertiary/aromatic N) is 2. The van der Waals surface area contributed by atoms with E-state index < -0.39 is 0 Å². The molecule has 6 nitrogen and oxygen atoms in total. The Morgan fingerprint density at radius 3 is 2.37 bits per heavy atom. The van der Waals surface area contributed by atoms with Crippen LogP contribution in [0.4, 0.5) is 5.82 Å². The number of aryl methyl sites for hydroxylation is 2. The fourth-order valence-electron chi connectivity index (χ4n) is 1.82. The number of rotatable bonds is 4. The number of hydrazine groups is 1. The summed E-state index contributed by atoms with van der Waals surface area (Å²) in [5.74, 6) is 7.11. The van der Waals surface area contributed by atoms with Gasteiger partial charge in [0.1, 0.15) is 12.1 Å². The highest BCUT2D eigenvalue weighted by Crippen LogP contribution is 2.34.